The van der Waals surface area contributed by atoms with Crippen LogP contribution in [0.1, 0.15) is 61.7 Å². The third kappa shape index (κ3) is 4.52. The normalized spacial score (nSPS) is 26.1. The fourth-order valence-corrected chi connectivity index (χ4v) is 5.42. The minimum Gasteiger partial charge on any atom is -0.354 e. The molecule has 1 aromatic carbocycles. The Hall–Kier alpha value is -2.37. The van der Waals surface area contributed by atoms with E-state index < -0.39 is 0 Å². The van der Waals surface area contributed by atoms with Crippen LogP contribution in [0, 0.1) is 11.8 Å². The van der Waals surface area contributed by atoms with Crippen molar-refractivity contribution < 1.29 is 14.4 Å². The second kappa shape index (κ2) is 9.63. The third-order valence-electron chi connectivity index (χ3n) is 7.02. The minimum atomic E-state index is -0.158. The first-order valence-electron chi connectivity index (χ1n) is 11.6. The maximum atomic E-state index is 13.3. The topological polar surface area (TPSA) is 69.7 Å². The molecule has 0 spiro atoms. The van der Waals surface area contributed by atoms with Gasteiger partial charge in [0.25, 0.3) is 5.91 Å². The summed E-state index contributed by atoms with van der Waals surface area (Å²) in [7, 11) is 0. The number of nitrogens with zero attached hydrogens (tertiary/aromatic N) is 2. The fourth-order valence-electron chi connectivity index (χ4n) is 5.42. The lowest BCUT2D eigenvalue weighted by Gasteiger charge is -2.33. The van der Waals surface area contributed by atoms with E-state index in [1.165, 1.54) is 0 Å². The van der Waals surface area contributed by atoms with Crippen LogP contribution in [0.15, 0.2) is 30.3 Å². The number of rotatable bonds is 2. The minimum absolute atomic E-state index is 0.00628. The summed E-state index contributed by atoms with van der Waals surface area (Å²) in [6.45, 7) is 2.27. The number of nitrogens with one attached hydrogen (secondary N) is 1. The summed E-state index contributed by atoms with van der Waals surface area (Å²) in [5, 5.41) is 3.06. The van der Waals surface area contributed by atoms with E-state index in [0.29, 0.717) is 31.7 Å². The van der Waals surface area contributed by atoms with E-state index in [0.717, 1.165) is 51.4 Å². The second-order valence-electron chi connectivity index (χ2n) is 8.92. The van der Waals surface area contributed by atoms with Gasteiger partial charge in [-0.15, -0.1) is 0 Å². The zero-order chi connectivity index (χ0) is 20.9. The van der Waals surface area contributed by atoms with Crippen molar-refractivity contribution in [1.29, 1.82) is 0 Å². The van der Waals surface area contributed by atoms with Crippen LogP contribution in [0.4, 0.5) is 0 Å². The monoisotopic (exact) mass is 411 g/mol. The number of benzene rings is 1. The standard InChI is InChI=1S/C24H33N3O3/c28-22-20-12-6-13-21(20)27(24(30)19-8-2-1-3-9-19)16-7-15-26(17-14-25-22)23(29)18-10-4-5-11-18/h1-3,8-9,18,20-21H,4-7,10-17H2,(H,25,28)/t20-,21+/m1/s1. The van der Waals surface area contributed by atoms with E-state index in [9.17, 15) is 14.4 Å². The Labute approximate surface area is 179 Å². The molecule has 3 amide bonds. The molecule has 1 saturated heterocycles. The number of hydrogen-bond acceptors (Lipinski definition) is 3. The number of amides is 3. The quantitative estimate of drug-likeness (QED) is 0.814. The molecule has 2 aliphatic carbocycles. The summed E-state index contributed by atoms with van der Waals surface area (Å²) in [6, 6.07) is 9.28. The van der Waals surface area contributed by atoms with E-state index in [4.69, 9.17) is 0 Å². The second-order valence-corrected chi connectivity index (χ2v) is 8.92. The van der Waals surface area contributed by atoms with Gasteiger partial charge in [0, 0.05) is 43.7 Å². The molecule has 2 saturated carbocycles. The van der Waals surface area contributed by atoms with Crippen molar-refractivity contribution in [1.82, 2.24) is 15.1 Å². The largest absolute Gasteiger partial charge is 0.354 e. The summed E-state index contributed by atoms with van der Waals surface area (Å²) in [5.74, 6) is 0.218. The van der Waals surface area contributed by atoms with E-state index in [1.54, 1.807) is 0 Å². The lowest BCUT2D eigenvalue weighted by Crippen LogP contribution is -2.47. The molecule has 1 N–H and O–H groups in total. The zero-order valence-corrected chi connectivity index (χ0v) is 17.7. The first kappa shape index (κ1) is 20.9. The Morgan fingerprint density at radius 1 is 0.867 bits per heavy atom. The Kier molecular flexibility index (Phi) is 6.70. The van der Waals surface area contributed by atoms with Gasteiger partial charge in [-0.05, 0) is 44.2 Å². The molecule has 162 valence electrons. The molecular formula is C24H33N3O3. The molecule has 2 atom stereocenters. The van der Waals surface area contributed by atoms with E-state index in [1.807, 2.05) is 40.1 Å². The number of hydrogen-bond donors (Lipinski definition) is 1. The van der Waals surface area contributed by atoms with Gasteiger partial charge in [-0.3, -0.25) is 14.4 Å². The van der Waals surface area contributed by atoms with Gasteiger partial charge in [0.15, 0.2) is 0 Å². The van der Waals surface area contributed by atoms with Crippen molar-refractivity contribution in [2.24, 2.45) is 11.8 Å². The van der Waals surface area contributed by atoms with Crippen molar-refractivity contribution in [3.63, 3.8) is 0 Å². The summed E-state index contributed by atoms with van der Waals surface area (Å²) < 4.78 is 0. The van der Waals surface area contributed by atoms with Crippen LogP contribution in [0.3, 0.4) is 0 Å². The summed E-state index contributed by atoms with van der Waals surface area (Å²) in [4.78, 5) is 43.1. The molecule has 0 radical (unpaired) electrons. The molecule has 3 aliphatic rings. The van der Waals surface area contributed by atoms with Gasteiger partial charge in [-0.25, -0.2) is 0 Å². The SMILES string of the molecule is O=C1NCCN(C(=O)C2CCCC2)CCCN(C(=O)c2ccccc2)[C@H]2CCC[C@@H]12. The lowest BCUT2D eigenvalue weighted by atomic mass is 9.99. The summed E-state index contributed by atoms with van der Waals surface area (Å²) >= 11 is 0. The van der Waals surface area contributed by atoms with Gasteiger partial charge < -0.3 is 15.1 Å². The van der Waals surface area contributed by atoms with Crippen LogP contribution >= 0.6 is 0 Å². The van der Waals surface area contributed by atoms with E-state index in [2.05, 4.69) is 5.32 Å². The fraction of sp³-hybridized carbons (Fsp3) is 0.625. The number of carbonyl (C=O) groups excluding carboxylic acids is 3. The molecule has 0 bridgehead atoms. The van der Waals surface area contributed by atoms with Crippen LogP contribution in [0.25, 0.3) is 0 Å². The van der Waals surface area contributed by atoms with Gasteiger partial charge in [0.1, 0.15) is 0 Å². The molecular weight excluding hydrogens is 378 g/mol. The highest BCUT2D eigenvalue weighted by atomic mass is 16.2. The first-order valence-corrected chi connectivity index (χ1v) is 11.6. The smallest absolute Gasteiger partial charge is 0.254 e. The van der Waals surface area contributed by atoms with Crippen molar-refractivity contribution in [3.05, 3.63) is 35.9 Å². The molecule has 30 heavy (non-hydrogen) atoms. The highest BCUT2D eigenvalue weighted by Gasteiger charge is 2.39. The van der Waals surface area contributed by atoms with Gasteiger partial charge in [0.2, 0.25) is 11.8 Å². The van der Waals surface area contributed by atoms with E-state index >= 15 is 0 Å². The molecule has 0 aromatic heterocycles. The molecule has 1 heterocycles. The molecule has 6 heteroatoms. The molecule has 4 rings (SSSR count). The van der Waals surface area contributed by atoms with Crippen LogP contribution in [-0.2, 0) is 9.59 Å². The summed E-state index contributed by atoms with van der Waals surface area (Å²) in [5.41, 5.74) is 0.664. The van der Waals surface area contributed by atoms with Gasteiger partial charge in [-0.2, -0.15) is 0 Å². The van der Waals surface area contributed by atoms with Crippen LogP contribution in [0.5, 0.6) is 0 Å². The predicted molar refractivity (Wildman–Crippen MR) is 115 cm³/mol. The number of carbonyl (C=O) groups is 3. The van der Waals surface area contributed by atoms with Crippen LogP contribution in [0.2, 0.25) is 0 Å². The first-order chi connectivity index (χ1) is 14.6. The van der Waals surface area contributed by atoms with Crippen molar-refractivity contribution >= 4 is 17.7 Å². The molecule has 1 aromatic rings. The van der Waals surface area contributed by atoms with Crippen LogP contribution < -0.4 is 5.32 Å². The maximum absolute atomic E-state index is 13.3. The average Bonchev–Trinajstić information content (AvgIpc) is 3.47. The van der Waals surface area contributed by atoms with Crippen molar-refractivity contribution in [3.8, 4) is 0 Å². The Morgan fingerprint density at radius 2 is 1.63 bits per heavy atom. The third-order valence-corrected chi connectivity index (χ3v) is 7.02. The lowest BCUT2D eigenvalue weighted by molar-refractivity contribution is -0.135. The van der Waals surface area contributed by atoms with Crippen molar-refractivity contribution in [2.75, 3.05) is 26.2 Å². The van der Waals surface area contributed by atoms with Gasteiger partial charge in [-0.1, -0.05) is 37.5 Å². The van der Waals surface area contributed by atoms with Crippen molar-refractivity contribution in [2.45, 2.75) is 57.4 Å². The maximum Gasteiger partial charge on any atom is 0.254 e. The highest BCUT2D eigenvalue weighted by Crippen LogP contribution is 2.32. The van der Waals surface area contributed by atoms with E-state index in [-0.39, 0.29) is 35.6 Å². The highest BCUT2D eigenvalue weighted by molar-refractivity contribution is 5.95. The molecule has 3 fully saturated rings. The van der Waals surface area contributed by atoms with Gasteiger partial charge in [0.05, 0.1) is 5.92 Å². The Bertz CT molecular complexity index is 760. The molecule has 0 unspecified atom stereocenters. The molecule has 6 nitrogen and oxygen atoms in total. The zero-order valence-electron chi connectivity index (χ0n) is 17.7. The van der Waals surface area contributed by atoms with Gasteiger partial charge >= 0.3 is 0 Å². The average molecular weight is 412 g/mol. The molecule has 1 aliphatic heterocycles. The van der Waals surface area contributed by atoms with Crippen LogP contribution in [-0.4, -0.2) is 59.7 Å². The number of fused-ring (bicyclic) bond motifs is 1. The summed E-state index contributed by atoms with van der Waals surface area (Å²) in [6.07, 6.45) is 7.60. The Balaban J connectivity index is 1.53. The Morgan fingerprint density at radius 3 is 2.40 bits per heavy atom. The predicted octanol–water partition coefficient (Wildman–Crippen LogP) is 2.84.